The van der Waals surface area contributed by atoms with E-state index in [-0.39, 0.29) is 24.2 Å². The molecule has 5 aliphatic rings. The van der Waals surface area contributed by atoms with Gasteiger partial charge in [-0.2, -0.15) is 5.06 Å². The van der Waals surface area contributed by atoms with Crippen molar-refractivity contribution in [3.05, 3.63) is 35.9 Å². The number of hydrogen-bond donors (Lipinski definition) is 0. The summed E-state index contributed by atoms with van der Waals surface area (Å²) in [7, 11) is 1.86. The van der Waals surface area contributed by atoms with E-state index in [1.165, 1.54) is 6.42 Å². The number of benzene rings is 1. The first kappa shape index (κ1) is 17.4. The summed E-state index contributed by atoms with van der Waals surface area (Å²) < 4.78 is 24.7. The van der Waals surface area contributed by atoms with Crippen LogP contribution in [0.3, 0.4) is 0 Å². The second-order valence-electron chi connectivity index (χ2n) is 8.54. The lowest BCUT2D eigenvalue weighted by atomic mass is 9.83. The van der Waals surface area contributed by atoms with Gasteiger partial charge in [0.2, 0.25) is 0 Å². The van der Waals surface area contributed by atoms with Crippen LogP contribution in [0.25, 0.3) is 0 Å². The van der Waals surface area contributed by atoms with Crippen LogP contribution in [0, 0.1) is 5.92 Å². The van der Waals surface area contributed by atoms with Crippen molar-refractivity contribution in [1.29, 1.82) is 0 Å². The predicted molar refractivity (Wildman–Crippen MR) is 95.6 cm³/mol. The van der Waals surface area contributed by atoms with E-state index < -0.39 is 30.2 Å². The summed E-state index contributed by atoms with van der Waals surface area (Å²) in [5, 5.41) is 1.76. The zero-order valence-corrected chi connectivity index (χ0v) is 15.9. The van der Waals surface area contributed by atoms with Gasteiger partial charge >= 0.3 is 5.97 Å². The highest BCUT2D eigenvalue weighted by molar-refractivity contribution is 5.76. The fourth-order valence-electron chi connectivity index (χ4n) is 5.62. The third-order valence-corrected chi connectivity index (χ3v) is 6.87. The van der Waals surface area contributed by atoms with E-state index in [1.807, 2.05) is 37.4 Å². The molecular weight excluding hydrogens is 362 g/mol. The molecule has 1 aromatic carbocycles. The van der Waals surface area contributed by atoms with Crippen molar-refractivity contribution in [2.75, 3.05) is 7.05 Å². The molecule has 0 unspecified atom stereocenters. The standard InChI is InChI=1S/C21H25NO6/c1-22-14(12-8-4-2-5-9-12)13-15(28-22)16-17(24-19(13)23)18-20(25-16)27-21(26-18)10-6-3-7-11-21/h2,4-5,8-9,13-18,20H,3,6-7,10-11H2,1H3/t13-,14+,15+,16-,17+,18-,20-/m1/s1. The summed E-state index contributed by atoms with van der Waals surface area (Å²) in [5.41, 5.74) is 1.03. The molecule has 0 radical (unpaired) electrons. The molecular formula is C21H25NO6. The molecule has 5 fully saturated rings. The molecule has 4 saturated heterocycles. The van der Waals surface area contributed by atoms with E-state index in [1.54, 1.807) is 5.06 Å². The minimum Gasteiger partial charge on any atom is -0.456 e. The van der Waals surface area contributed by atoms with Crippen LogP contribution in [0.15, 0.2) is 30.3 Å². The molecule has 7 nitrogen and oxygen atoms in total. The number of esters is 1. The molecule has 1 spiro atoms. The summed E-state index contributed by atoms with van der Waals surface area (Å²) in [6.07, 6.45) is 2.99. The van der Waals surface area contributed by atoms with Gasteiger partial charge in [0.25, 0.3) is 0 Å². The third-order valence-electron chi connectivity index (χ3n) is 6.87. The van der Waals surface area contributed by atoms with Gasteiger partial charge in [0, 0.05) is 19.9 Å². The summed E-state index contributed by atoms with van der Waals surface area (Å²) in [6.45, 7) is 0. The van der Waals surface area contributed by atoms with Crippen molar-refractivity contribution < 1.29 is 28.6 Å². The Morgan fingerprint density at radius 1 is 0.964 bits per heavy atom. The van der Waals surface area contributed by atoms with Gasteiger partial charge in [-0.15, -0.1) is 0 Å². The monoisotopic (exact) mass is 387 g/mol. The summed E-state index contributed by atoms with van der Waals surface area (Å²) in [6, 6.07) is 9.72. The molecule has 1 aromatic rings. The Labute approximate surface area is 163 Å². The first-order chi connectivity index (χ1) is 13.7. The number of fused-ring (bicyclic) bond motifs is 5. The number of carbonyl (C=O) groups excluding carboxylic acids is 1. The molecule has 0 N–H and O–H groups in total. The number of carbonyl (C=O) groups is 1. The molecule has 7 atom stereocenters. The van der Waals surface area contributed by atoms with Gasteiger partial charge in [-0.05, 0) is 18.4 Å². The van der Waals surface area contributed by atoms with Crippen LogP contribution in [-0.4, -0.2) is 54.6 Å². The summed E-state index contributed by atoms with van der Waals surface area (Å²) >= 11 is 0. The Balaban J connectivity index is 1.26. The molecule has 28 heavy (non-hydrogen) atoms. The van der Waals surface area contributed by atoms with E-state index in [0.29, 0.717) is 0 Å². The fraction of sp³-hybridized carbons (Fsp3) is 0.667. The van der Waals surface area contributed by atoms with Crippen molar-refractivity contribution in [3.63, 3.8) is 0 Å². The summed E-state index contributed by atoms with van der Waals surface area (Å²) in [5.74, 6) is -1.25. The minimum absolute atomic E-state index is 0.199. The van der Waals surface area contributed by atoms with Crippen molar-refractivity contribution in [2.24, 2.45) is 5.92 Å². The average Bonchev–Trinajstić information content (AvgIpc) is 3.33. The van der Waals surface area contributed by atoms with Crippen LogP contribution >= 0.6 is 0 Å². The zero-order valence-electron chi connectivity index (χ0n) is 15.9. The Morgan fingerprint density at radius 3 is 2.54 bits per heavy atom. The highest BCUT2D eigenvalue weighted by atomic mass is 16.9. The topological polar surface area (TPSA) is 66.5 Å². The normalized spacial score (nSPS) is 44.2. The van der Waals surface area contributed by atoms with Crippen molar-refractivity contribution >= 4 is 5.97 Å². The lowest BCUT2D eigenvalue weighted by Gasteiger charge is -2.37. The van der Waals surface area contributed by atoms with Crippen LogP contribution < -0.4 is 0 Å². The SMILES string of the molecule is CN1O[C@@H]2[C@H]3O[C@@H]4OC5(CCCCC5)O[C@@H]4[C@H]3OC(=O)[C@@H]2[C@@H]1c1ccccc1. The van der Waals surface area contributed by atoms with Gasteiger partial charge in [0.1, 0.15) is 18.1 Å². The van der Waals surface area contributed by atoms with Gasteiger partial charge in [-0.1, -0.05) is 36.8 Å². The summed E-state index contributed by atoms with van der Waals surface area (Å²) in [4.78, 5) is 19.1. The third kappa shape index (κ3) is 2.44. The number of nitrogens with zero attached hydrogens (tertiary/aromatic N) is 1. The van der Waals surface area contributed by atoms with Crippen molar-refractivity contribution in [1.82, 2.24) is 5.06 Å². The second-order valence-corrected chi connectivity index (χ2v) is 8.54. The van der Waals surface area contributed by atoms with Crippen molar-refractivity contribution in [2.45, 2.75) is 74.6 Å². The van der Waals surface area contributed by atoms with Gasteiger partial charge in [0.05, 0.1) is 6.04 Å². The first-order valence-corrected chi connectivity index (χ1v) is 10.3. The lowest BCUT2D eigenvalue weighted by Crippen LogP contribution is -2.53. The predicted octanol–water partition coefficient (Wildman–Crippen LogP) is 2.32. The number of ether oxygens (including phenoxy) is 4. The molecule has 7 heteroatoms. The molecule has 1 saturated carbocycles. The smallest absolute Gasteiger partial charge is 0.314 e. The maximum absolute atomic E-state index is 13.0. The Hall–Kier alpha value is -1.51. The van der Waals surface area contributed by atoms with E-state index in [9.17, 15) is 4.79 Å². The van der Waals surface area contributed by atoms with E-state index in [0.717, 1.165) is 31.2 Å². The highest BCUT2D eigenvalue weighted by Crippen LogP contribution is 2.51. The van der Waals surface area contributed by atoms with Crippen LogP contribution in [0.5, 0.6) is 0 Å². The zero-order chi connectivity index (χ0) is 18.9. The quantitative estimate of drug-likeness (QED) is 0.685. The molecule has 0 bridgehead atoms. The molecule has 0 amide bonds. The van der Waals surface area contributed by atoms with Crippen molar-refractivity contribution in [3.8, 4) is 0 Å². The number of hydrogen-bond acceptors (Lipinski definition) is 7. The number of rotatable bonds is 1. The Kier molecular flexibility index (Phi) is 3.87. The molecule has 4 aliphatic heterocycles. The first-order valence-electron chi connectivity index (χ1n) is 10.3. The Bertz CT molecular complexity index is 765. The van der Waals surface area contributed by atoms with E-state index >= 15 is 0 Å². The maximum atomic E-state index is 13.0. The van der Waals surface area contributed by atoms with Crippen LogP contribution in [0.2, 0.25) is 0 Å². The molecule has 4 heterocycles. The minimum atomic E-state index is -0.568. The average molecular weight is 387 g/mol. The second kappa shape index (κ2) is 6.24. The van der Waals surface area contributed by atoms with Crippen LogP contribution in [0.4, 0.5) is 0 Å². The van der Waals surface area contributed by atoms with E-state index in [2.05, 4.69) is 0 Å². The van der Waals surface area contributed by atoms with Crippen LogP contribution in [-0.2, 0) is 28.6 Å². The van der Waals surface area contributed by atoms with Gasteiger partial charge in [-0.3, -0.25) is 9.63 Å². The molecule has 6 rings (SSSR count). The maximum Gasteiger partial charge on any atom is 0.314 e. The van der Waals surface area contributed by atoms with Gasteiger partial charge < -0.3 is 18.9 Å². The number of hydroxylamine groups is 2. The molecule has 150 valence electrons. The van der Waals surface area contributed by atoms with Crippen LogP contribution in [0.1, 0.15) is 43.7 Å². The Morgan fingerprint density at radius 2 is 1.75 bits per heavy atom. The highest BCUT2D eigenvalue weighted by Gasteiger charge is 2.67. The molecule has 1 aliphatic carbocycles. The fourth-order valence-corrected chi connectivity index (χ4v) is 5.62. The van der Waals surface area contributed by atoms with Gasteiger partial charge in [0.15, 0.2) is 24.3 Å². The van der Waals surface area contributed by atoms with E-state index in [4.69, 9.17) is 23.8 Å². The molecule has 0 aromatic heterocycles. The lowest BCUT2D eigenvalue weighted by molar-refractivity contribution is -0.272. The van der Waals surface area contributed by atoms with Gasteiger partial charge in [-0.25, -0.2) is 0 Å². The largest absolute Gasteiger partial charge is 0.456 e.